The molecule has 0 aliphatic heterocycles. The third-order valence-electron chi connectivity index (χ3n) is 2.02. The maximum Gasteiger partial charge on any atom is 0.131 e. The highest BCUT2D eigenvalue weighted by Gasteiger charge is 2.26. The van der Waals surface area contributed by atoms with Gasteiger partial charge in [0.15, 0.2) is 0 Å². The van der Waals surface area contributed by atoms with Gasteiger partial charge in [-0.05, 0) is 25.2 Å². The molecule has 0 aromatic heterocycles. The van der Waals surface area contributed by atoms with Gasteiger partial charge in [0, 0.05) is 0 Å². The minimum absolute atomic E-state index is 0.287. The second kappa shape index (κ2) is 2.80. The fourth-order valence-corrected chi connectivity index (χ4v) is 1.86. The molecule has 0 atom stereocenters. The van der Waals surface area contributed by atoms with Crippen LogP contribution in [0.1, 0.15) is 33.6 Å². The second-order valence-corrected chi connectivity index (χ2v) is 4.20. The smallest absolute Gasteiger partial charge is 0.131 e. The summed E-state index contributed by atoms with van der Waals surface area (Å²) in [5.74, 6) is 0.943. The molecule has 0 aromatic carbocycles. The Morgan fingerprint density at radius 1 is 1.45 bits per heavy atom. The van der Waals surface area contributed by atoms with Gasteiger partial charge in [0.25, 0.3) is 0 Å². The SMILES string of the molecule is CC1=C[C](C=O)CC(C)(C)C1. The Labute approximate surface area is 68.5 Å². The molecular formula is C10H15O. The zero-order chi connectivity index (χ0) is 8.48. The van der Waals surface area contributed by atoms with Gasteiger partial charge in [-0.15, -0.1) is 0 Å². The number of aldehydes is 1. The lowest BCUT2D eigenvalue weighted by atomic mass is 9.74. The predicted octanol–water partition coefficient (Wildman–Crippen LogP) is 2.53. The predicted molar refractivity (Wildman–Crippen MR) is 46.1 cm³/mol. The lowest BCUT2D eigenvalue weighted by Crippen LogP contribution is -2.20. The first-order valence-electron chi connectivity index (χ1n) is 4.02. The first kappa shape index (κ1) is 8.51. The van der Waals surface area contributed by atoms with E-state index in [0.717, 1.165) is 25.0 Å². The van der Waals surface area contributed by atoms with Crippen molar-refractivity contribution < 1.29 is 4.79 Å². The molecule has 0 amide bonds. The van der Waals surface area contributed by atoms with E-state index in [-0.39, 0.29) is 5.41 Å². The van der Waals surface area contributed by atoms with Crippen LogP contribution in [0, 0.1) is 11.3 Å². The van der Waals surface area contributed by atoms with Gasteiger partial charge in [-0.1, -0.05) is 25.5 Å². The average Bonchev–Trinajstić information content (AvgIpc) is 1.83. The van der Waals surface area contributed by atoms with Gasteiger partial charge in [-0.3, -0.25) is 0 Å². The molecule has 0 spiro atoms. The molecule has 61 valence electrons. The van der Waals surface area contributed by atoms with Crippen molar-refractivity contribution in [3.8, 4) is 0 Å². The largest absolute Gasteiger partial charge is 0.302 e. The first-order valence-corrected chi connectivity index (χ1v) is 4.02. The Morgan fingerprint density at radius 2 is 2.09 bits per heavy atom. The molecule has 0 saturated heterocycles. The zero-order valence-electron chi connectivity index (χ0n) is 7.48. The monoisotopic (exact) mass is 151 g/mol. The molecule has 0 unspecified atom stereocenters. The number of carbonyl (C=O) groups is 1. The molecule has 1 heteroatoms. The topological polar surface area (TPSA) is 17.1 Å². The van der Waals surface area contributed by atoms with Crippen LogP contribution >= 0.6 is 0 Å². The molecule has 0 fully saturated rings. The van der Waals surface area contributed by atoms with Crippen LogP contribution in [0.5, 0.6) is 0 Å². The maximum atomic E-state index is 10.5. The molecule has 1 rings (SSSR count). The van der Waals surface area contributed by atoms with E-state index in [2.05, 4.69) is 20.8 Å². The van der Waals surface area contributed by atoms with Gasteiger partial charge in [-0.2, -0.15) is 0 Å². The summed E-state index contributed by atoms with van der Waals surface area (Å²) < 4.78 is 0. The van der Waals surface area contributed by atoms with Crippen molar-refractivity contribution >= 4 is 6.29 Å². The van der Waals surface area contributed by atoms with Crippen LogP contribution in [0.25, 0.3) is 0 Å². The maximum absolute atomic E-state index is 10.5. The normalized spacial score (nSPS) is 24.5. The lowest BCUT2D eigenvalue weighted by molar-refractivity contribution is -0.106. The zero-order valence-corrected chi connectivity index (χ0v) is 7.48. The standard InChI is InChI=1S/C10H15O/c1-8-4-9(7-11)6-10(2,3)5-8/h4,7H,5-6H2,1-3H3. The van der Waals surface area contributed by atoms with E-state index in [1.54, 1.807) is 0 Å². The van der Waals surface area contributed by atoms with E-state index in [0.29, 0.717) is 0 Å². The Balaban J connectivity index is 2.76. The molecule has 1 aliphatic rings. The average molecular weight is 151 g/mol. The Morgan fingerprint density at radius 3 is 2.55 bits per heavy atom. The van der Waals surface area contributed by atoms with Crippen molar-refractivity contribution in [2.45, 2.75) is 33.6 Å². The van der Waals surface area contributed by atoms with E-state index in [1.165, 1.54) is 5.57 Å². The molecule has 1 radical (unpaired) electrons. The summed E-state index contributed by atoms with van der Waals surface area (Å²) in [6.07, 6.45) is 5.03. The van der Waals surface area contributed by atoms with Gasteiger partial charge < -0.3 is 4.79 Å². The number of rotatable bonds is 1. The molecule has 0 saturated carbocycles. The third kappa shape index (κ3) is 2.18. The number of allylic oxidation sites excluding steroid dienone is 2. The summed E-state index contributed by atoms with van der Waals surface area (Å²) in [5, 5.41) is 0. The van der Waals surface area contributed by atoms with Crippen LogP contribution in [-0.4, -0.2) is 6.29 Å². The minimum Gasteiger partial charge on any atom is -0.302 e. The van der Waals surface area contributed by atoms with Gasteiger partial charge >= 0.3 is 0 Å². The van der Waals surface area contributed by atoms with Crippen LogP contribution in [0.4, 0.5) is 0 Å². The van der Waals surface area contributed by atoms with Gasteiger partial charge in [0.1, 0.15) is 6.29 Å². The van der Waals surface area contributed by atoms with Crippen molar-refractivity contribution in [3.63, 3.8) is 0 Å². The molecule has 0 heterocycles. The van der Waals surface area contributed by atoms with Crippen LogP contribution < -0.4 is 0 Å². The van der Waals surface area contributed by atoms with Gasteiger partial charge in [0.2, 0.25) is 0 Å². The highest BCUT2D eigenvalue weighted by Crippen LogP contribution is 2.37. The number of carbonyl (C=O) groups excluding carboxylic acids is 1. The van der Waals surface area contributed by atoms with E-state index in [1.807, 2.05) is 6.08 Å². The van der Waals surface area contributed by atoms with E-state index < -0.39 is 0 Å². The molecular weight excluding hydrogens is 136 g/mol. The molecule has 1 aliphatic carbocycles. The van der Waals surface area contributed by atoms with Crippen molar-refractivity contribution in [2.24, 2.45) is 5.41 Å². The first-order chi connectivity index (χ1) is 5.03. The second-order valence-electron chi connectivity index (χ2n) is 4.20. The summed E-state index contributed by atoms with van der Waals surface area (Å²) in [6, 6.07) is 0. The van der Waals surface area contributed by atoms with E-state index >= 15 is 0 Å². The fraction of sp³-hybridized carbons (Fsp3) is 0.600. The molecule has 0 aromatic rings. The van der Waals surface area contributed by atoms with Crippen molar-refractivity contribution in [1.29, 1.82) is 0 Å². The summed E-state index contributed by atoms with van der Waals surface area (Å²) in [4.78, 5) is 10.5. The minimum atomic E-state index is 0.287. The van der Waals surface area contributed by atoms with Crippen molar-refractivity contribution in [2.75, 3.05) is 0 Å². The molecule has 1 nitrogen and oxygen atoms in total. The third-order valence-corrected chi connectivity index (χ3v) is 2.02. The van der Waals surface area contributed by atoms with Gasteiger partial charge in [0.05, 0.1) is 5.92 Å². The van der Waals surface area contributed by atoms with Gasteiger partial charge in [-0.25, -0.2) is 0 Å². The number of hydrogen-bond acceptors (Lipinski definition) is 1. The molecule has 0 bridgehead atoms. The lowest BCUT2D eigenvalue weighted by Gasteiger charge is -2.31. The fourth-order valence-electron chi connectivity index (χ4n) is 1.86. The van der Waals surface area contributed by atoms with Crippen LogP contribution in [-0.2, 0) is 4.79 Å². The molecule has 0 N–H and O–H groups in total. The summed E-state index contributed by atoms with van der Waals surface area (Å²) in [5.41, 5.74) is 1.61. The van der Waals surface area contributed by atoms with Crippen LogP contribution in [0.15, 0.2) is 11.6 Å². The quantitative estimate of drug-likeness (QED) is 0.526. The van der Waals surface area contributed by atoms with E-state index in [4.69, 9.17) is 0 Å². The van der Waals surface area contributed by atoms with E-state index in [9.17, 15) is 4.79 Å². The highest BCUT2D eigenvalue weighted by molar-refractivity contribution is 5.73. The summed E-state index contributed by atoms with van der Waals surface area (Å²) in [6.45, 7) is 6.49. The van der Waals surface area contributed by atoms with Crippen LogP contribution in [0.2, 0.25) is 0 Å². The summed E-state index contributed by atoms with van der Waals surface area (Å²) in [7, 11) is 0. The number of hydrogen-bond donors (Lipinski definition) is 0. The summed E-state index contributed by atoms with van der Waals surface area (Å²) >= 11 is 0. The van der Waals surface area contributed by atoms with Crippen molar-refractivity contribution in [1.82, 2.24) is 0 Å². The van der Waals surface area contributed by atoms with Crippen LogP contribution in [0.3, 0.4) is 0 Å². The van der Waals surface area contributed by atoms with Crippen molar-refractivity contribution in [3.05, 3.63) is 17.6 Å². The Bertz CT molecular complexity index is 189. The molecule has 11 heavy (non-hydrogen) atoms. The Hall–Kier alpha value is -0.590. The highest BCUT2D eigenvalue weighted by atomic mass is 16.1. The Kier molecular flexibility index (Phi) is 2.17.